The van der Waals surface area contributed by atoms with E-state index in [4.69, 9.17) is 0 Å². The van der Waals surface area contributed by atoms with Gasteiger partial charge >= 0.3 is 0 Å². The summed E-state index contributed by atoms with van der Waals surface area (Å²) in [7, 11) is 0. The first-order chi connectivity index (χ1) is 8.81. The Hall–Kier alpha value is -0.480. The molecule has 18 heavy (non-hydrogen) atoms. The Morgan fingerprint density at radius 2 is 1.89 bits per heavy atom. The first-order valence-corrected chi connectivity index (χ1v) is 8.18. The first-order valence-electron chi connectivity index (χ1n) is 7.37. The summed E-state index contributed by atoms with van der Waals surface area (Å²) in [4.78, 5) is 0. The zero-order chi connectivity index (χ0) is 12.4. The molecule has 4 heteroatoms. The summed E-state index contributed by atoms with van der Waals surface area (Å²) in [5, 5.41) is 14.8. The number of aromatic nitrogens is 2. The van der Waals surface area contributed by atoms with Gasteiger partial charge in [-0.2, -0.15) is 0 Å². The molecule has 0 saturated heterocycles. The van der Waals surface area contributed by atoms with Crippen LogP contribution in [0.25, 0.3) is 0 Å². The molecule has 2 saturated carbocycles. The van der Waals surface area contributed by atoms with Gasteiger partial charge in [0.05, 0.1) is 0 Å². The number of nitrogens with one attached hydrogen (secondary N) is 1. The molecule has 0 bridgehead atoms. The molecular weight excluding hydrogens is 242 g/mol. The van der Waals surface area contributed by atoms with Crippen molar-refractivity contribution < 1.29 is 0 Å². The molecule has 2 aliphatic carbocycles. The molecule has 0 atom stereocenters. The van der Waals surface area contributed by atoms with E-state index in [2.05, 4.69) is 22.4 Å². The standard InChI is InChI=1S/C14H23N3S/c1-10-2-4-11(5-3-10)14-17-16-13(18-14)8-9-15-12-6-7-12/h10-12,15H,2-9H2,1H3. The molecule has 1 heterocycles. The molecule has 0 aromatic carbocycles. The van der Waals surface area contributed by atoms with Crippen LogP contribution >= 0.6 is 11.3 Å². The van der Waals surface area contributed by atoms with Gasteiger partial charge in [0.15, 0.2) is 0 Å². The van der Waals surface area contributed by atoms with Gasteiger partial charge in [0.25, 0.3) is 0 Å². The summed E-state index contributed by atoms with van der Waals surface area (Å²) in [6.45, 7) is 3.44. The summed E-state index contributed by atoms with van der Waals surface area (Å²) in [6, 6.07) is 0.803. The Labute approximate surface area is 113 Å². The molecule has 0 amide bonds. The Morgan fingerprint density at radius 3 is 2.61 bits per heavy atom. The van der Waals surface area contributed by atoms with Gasteiger partial charge < -0.3 is 5.32 Å². The van der Waals surface area contributed by atoms with Crippen LogP contribution in [0.4, 0.5) is 0 Å². The van der Waals surface area contributed by atoms with Gasteiger partial charge in [0, 0.05) is 24.9 Å². The van der Waals surface area contributed by atoms with Crippen LogP contribution in [0.15, 0.2) is 0 Å². The molecule has 1 N–H and O–H groups in total. The highest BCUT2D eigenvalue weighted by Crippen LogP contribution is 2.36. The zero-order valence-corrected chi connectivity index (χ0v) is 12.0. The van der Waals surface area contributed by atoms with Crippen LogP contribution in [0.5, 0.6) is 0 Å². The molecule has 0 unspecified atom stereocenters. The van der Waals surface area contributed by atoms with Gasteiger partial charge in [0.2, 0.25) is 0 Å². The first kappa shape index (κ1) is 12.5. The van der Waals surface area contributed by atoms with Crippen molar-refractivity contribution in [2.24, 2.45) is 5.92 Å². The van der Waals surface area contributed by atoms with Crippen molar-refractivity contribution in [1.82, 2.24) is 15.5 Å². The summed E-state index contributed by atoms with van der Waals surface area (Å²) in [5.41, 5.74) is 0. The van der Waals surface area contributed by atoms with Crippen molar-refractivity contribution in [1.29, 1.82) is 0 Å². The Balaban J connectivity index is 1.48. The summed E-state index contributed by atoms with van der Waals surface area (Å²) >= 11 is 1.85. The van der Waals surface area contributed by atoms with E-state index in [1.165, 1.54) is 48.5 Å². The van der Waals surface area contributed by atoms with Crippen LogP contribution in [0.1, 0.15) is 61.4 Å². The molecule has 0 radical (unpaired) electrons. The number of hydrogen-bond donors (Lipinski definition) is 1. The van der Waals surface area contributed by atoms with E-state index in [1.807, 2.05) is 11.3 Å². The van der Waals surface area contributed by atoms with Crippen molar-refractivity contribution in [3.63, 3.8) is 0 Å². The van der Waals surface area contributed by atoms with Gasteiger partial charge in [-0.25, -0.2) is 0 Å². The molecule has 100 valence electrons. The number of nitrogens with zero attached hydrogens (tertiary/aromatic N) is 2. The van der Waals surface area contributed by atoms with E-state index in [-0.39, 0.29) is 0 Å². The molecule has 0 spiro atoms. The van der Waals surface area contributed by atoms with Gasteiger partial charge in [-0.15, -0.1) is 21.5 Å². The van der Waals surface area contributed by atoms with Crippen molar-refractivity contribution in [2.45, 2.75) is 63.8 Å². The lowest BCUT2D eigenvalue weighted by atomic mass is 9.83. The molecule has 3 nitrogen and oxygen atoms in total. The number of rotatable bonds is 5. The molecule has 2 aliphatic rings. The smallest absolute Gasteiger partial charge is 0.120 e. The highest BCUT2D eigenvalue weighted by Gasteiger charge is 2.23. The van der Waals surface area contributed by atoms with E-state index in [1.54, 1.807) is 0 Å². The minimum Gasteiger partial charge on any atom is -0.314 e. The molecular formula is C14H23N3S. The largest absolute Gasteiger partial charge is 0.314 e. The molecule has 3 rings (SSSR count). The molecule has 1 aromatic heterocycles. The summed E-state index contributed by atoms with van der Waals surface area (Å²) in [6.07, 6.45) is 9.14. The van der Waals surface area contributed by atoms with E-state index in [0.29, 0.717) is 5.92 Å². The maximum Gasteiger partial charge on any atom is 0.120 e. The third-order valence-electron chi connectivity index (χ3n) is 4.20. The van der Waals surface area contributed by atoms with Gasteiger partial charge in [-0.1, -0.05) is 19.8 Å². The van der Waals surface area contributed by atoms with E-state index >= 15 is 0 Å². The quantitative estimate of drug-likeness (QED) is 0.889. The molecule has 1 aromatic rings. The maximum absolute atomic E-state index is 4.42. The van der Waals surface area contributed by atoms with Gasteiger partial charge in [0.1, 0.15) is 10.0 Å². The minimum atomic E-state index is 0.698. The van der Waals surface area contributed by atoms with E-state index < -0.39 is 0 Å². The topological polar surface area (TPSA) is 37.8 Å². The Bertz CT molecular complexity index is 378. The third kappa shape index (κ3) is 3.29. The predicted molar refractivity (Wildman–Crippen MR) is 75.0 cm³/mol. The van der Waals surface area contributed by atoms with Crippen molar-refractivity contribution >= 4 is 11.3 Å². The van der Waals surface area contributed by atoms with Crippen LogP contribution in [-0.2, 0) is 6.42 Å². The Morgan fingerprint density at radius 1 is 1.11 bits per heavy atom. The van der Waals surface area contributed by atoms with Crippen molar-refractivity contribution in [2.75, 3.05) is 6.54 Å². The lowest BCUT2D eigenvalue weighted by Gasteiger charge is -2.23. The predicted octanol–water partition coefficient (Wildman–Crippen LogP) is 3.13. The maximum atomic E-state index is 4.42. The zero-order valence-electron chi connectivity index (χ0n) is 11.2. The van der Waals surface area contributed by atoms with Crippen LogP contribution in [0.3, 0.4) is 0 Å². The fraction of sp³-hybridized carbons (Fsp3) is 0.857. The summed E-state index contributed by atoms with van der Waals surface area (Å²) in [5.74, 6) is 1.61. The fourth-order valence-electron chi connectivity index (χ4n) is 2.71. The summed E-state index contributed by atoms with van der Waals surface area (Å²) < 4.78 is 0. The highest BCUT2D eigenvalue weighted by atomic mass is 32.1. The average Bonchev–Trinajstić information content (AvgIpc) is 3.08. The lowest BCUT2D eigenvalue weighted by molar-refractivity contribution is 0.346. The highest BCUT2D eigenvalue weighted by molar-refractivity contribution is 7.11. The number of hydrogen-bond acceptors (Lipinski definition) is 4. The second kappa shape index (κ2) is 5.66. The fourth-order valence-corrected chi connectivity index (χ4v) is 3.72. The van der Waals surface area contributed by atoms with E-state index in [9.17, 15) is 0 Å². The third-order valence-corrected chi connectivity index (χ3v) is 5.34. The van der Waals surface area contributed by atoms with E-state index in [0.717, 1.165) is 24.9 Å². The SMILES string of the molecule is CC1CCC(c2nnc(CCNC3CC3)s2)CC1. The average molecular weight is 265 g/mol. The van der Waals surface area contributed by atoms with Crippen LogP contribution in [-0.4, -0.2) is 22.8 Å². The lowest BCUT2D eigenvalue weighted by Crippen LogP contribution is -2.19. The second-order valence-corrected chi connectivity index (χ2v) is 7.06. The Kier molecular flexibility index (Phi) is 3.94. The minimum absolute atomic E-state index is 0.698. The molecule has 0 aliphatic heterocycles. The molecule has 2 fully saturated rings. The van der Waals surface area contributed by atoms with Gasteiger partial charge in [-0.3, -0.25) is 0 Å². The van der Waals surface area contributed by atoms with Crippen LogP contribution < -0.4 is 5.32 Å². The van der Waals surface area contributed by atoms with Gasteiger partial charge in [-0.05, 0) is 31.6 Å². The van der Waals surface area contributed by atoms with Crippen molar-refractivity contribution in [3.05, 3.63) is 10.0 Å². The van der Waals surface area contributed by atoms with Crippen LogP contribution in [0, 0.1) is 5.92 Å². The second-order valence-electron chi connectivity index (χ2n) is 5.97. The van der Waals surface area contributed by atoms with Crippen molar-refractivity contribution in [3.8, 4) is 0 Å². The normalized spacial score (nSPS) is 28.5. The van der Waals surface area contributed by atoms with Crippen LogP contribution in [0.2, 0.25) is 0 Å². The monoisotopic (exact) mass is 265 g/mol.